The van der Waals surface area contributed by atoms with Crippen molar-refractivity contribution in [3.8, 4) is 5.75 Å². The number of rotatable bonds is 7. The number of imide groups is 1. The molecule has 1 fully saturated rings. The van der Waals surface area contributed by atoms with Gasteiger partial charge < -0.3 is 14.5 Å². The Morgan fingerprint density at radius 2 is 2.11 bits per heavy atom. The van der Waals surface area contributed by atoms with Crippen molar-refractivity contribution in [3.05, 3.63) is 35.7 Å². The van der Waals surface area contributed by atoms with Gasteiger partial charge in [0.05, 0.1) is 5.75 Å². The van der Waals surface area contributed by atoms with Crippen molar-refractivity contribution in [2.24, 2.45) is 0 Å². The van der Waals surface area contributed by atoms with Gasteiger partial charge in [0, 0.05) is 6.04 Å². The van der Waals surface area contributed by atoms with Crippen molar-refractivity contribution < 1.29 is 18.7 Å². The van der Waals surface area contributed by atoms with Crippen LogP contribution in [0.15, 0.2) is 33.9 Å². The molecule has 1 aliphatic carbocycles. The average Bonchev–Trinajstić information content (AvgIpc) is 3.30. The molecule has 2 N–H and O–H groups in total. The van der Waals surface area contributed by atoms with E-state index in [1.165, 1.54) is 0 Å². The topological polar surface area (TPSA) is 106 Å². The molecule has 1 heterocycles. The number of aryl methyl sites for hydroxylation is 1. The predicted octanol–water partition coefficient (Wildman–Crippen LogP) is 2.82. The molecular weight excluding hydrogens is 368 g/mol. The van der Waals surface area contributed by atoms with Crippen LogP contribution in [0.1, 0.15) is 37.1 Å². The molecule has 0 saturated heterocycles. The minimum atomic E-state index is -0.453. The van der Waals surface area contributed by atoms with E-state index in [0.29, 0.717) is 5.89 Å². The molecule has 0 spiro atoms. The molecule has 0 atom stereocenters. The number of carbonyl (C=O) groups is 2. The van der Waals surface area contributed by atoms with E-state index in [9.17, 15) is 9.59 Å². The van der Waals surface area contributed by atoms with Gasteiger partial charge in [0.1, 0.15) is 5.75 Å². The number of ether oxygens (including phenoxy) is 1. The first kappa shape index (κ1) is 19.2. The van der Waals surface area contributed by atoms with Crippen molar-refractivity contribution in [2.45, 2.75) is 50.5 Å². The summed E-state index contributed by atoms with van der Waals surface area (Å²) >= 11 is 1.07. The fourth-order valence-electron chi connectivity index (χ4n) is 2.79. The summed E-state index contributed by atoms with van der Waals surface area (Å²) in [4.78, 5) is 23.6. The smallest absolute Gasteiger partial charge is 0.321 e. The highest BCUT2D eigenvalue weighted by atomic mass is 32.2. The minimum absolute atomic E-state index is 0.0124. The highest BCUT2D eigenvalue weighted by Crippen LogP contribution is 2.19. The Labute approximate surface area is 161 Å². The number of benzene rings is 1. The molecule has 3 rings (SSSR count). The number of hydrogen-bond acceptors (Lipinski definition) is 7. The zero-order valence-corrected chi connectivity index (χ0v) is 15.9. The number of nitrogens with one attached hydrogen (secondary N) is 2. The lowest BCUT2D eigenvalue weighted by Gasteiger charge is -2.11. The van der Waals surface area contributed by atoms with E-state index in [1.807, 2.05) is 31.2 Å². The van der Waals surface area contributed by atoms with Crippen LogP contribution in [0, 0.1) is 6.92 Å². The molecule has 0 unspecified atom stereocenters. The van der Waals surface area contributed by atoms with Crippen LogP contribution >= 0.6 is 11.8 Å². The van der Waals surface area contributed by atoms with Crippen molar-refractivity contribution in [3.63, 3.8) is 0 Å². The molecule has 1 aromatic carbocycles. The number of urea groups is 1. The zero-order valence-electron chi connectivity index (χ0n) is 15.1. The highest BCUT2D eigenvalue weighted by Gasteiger charge is 2.18. The van der Waals surface area contributed by atoms with Crippen LogP contribution in [0.3, 0.4) is 0 Å². The van der Waals surface area contributed by atoms with E-state index in [4.69, 9.17) is 9.15 Å². The van der Waals surface area contributed by atoms with Gasteiger partial charge in [-0.05, 0) is 37.5 Å². The van der Waals surface area contributed by atoms with Crippen molar-refractivity contribution in [1.29, 1.82) is 0 Å². The third-order valence-electron chi connectivity index (χ3n) is 4.07. The molecule has 1 aliphatic rings. The van der Waals surface area contributed by atoms with Gasteiger partial charge in [0.15, 0.2) is 6.61 Å². The number of nitrogens with zero attached hydrogens (tertiary/aromatic N) is 2. The molecule has 0 radical (unpaired) electrons. The monoisotopic (exact) mass is 390 g/mol. The van der Waals surface area contributed by atoms with E-state index in [-0.39, 0.29) is 23.6 Å². The number of aromatic nitrogens is 2. The molecule has 0 bridgehead atoms. The summed E-state index contributed by atoms with van der Waals surface area (Å²) in [6, 6.07) is 7.35. The summed E-state index contributed by atoms with van der Waals surface area (Å²) in [6.45, 7) is 2.13. The molecule has 144 valence electrons. The molecule has 27 heavy (non-hydrogen) atoms. The fraction of sp³-hybridized carbons (Fsp3) is 0.444. The third kappa shape index (κ3) is 6.28. The lowest BCUT2D eigenvalue weighted by atomic mass is 10.2. The van der Waals surface area contributed by atoms with Crippen LogP contribution < -0.4 is 15.4 Å². The maximum atomic E-state index is 11.8. The second-order valence-electron chi connectivity index (χ2n) is 6.36. The van der Waals surface area contributed by atoms with Gasteiger partial charge in [-0.3, -0.25) is 10.1 Å². The first-order chi connectivity index (χ1) is 13.1. The second kappa shape index (κ2) is 9.40. The summed E-state index contributed by atoms with van der Waals surface area (Å²) in [5, 5.41) is 13.1. The molecule has 0 aliphatic heterocycles. The molecule has 8 nitrogen and oxygen atoms in total. The van der Waals surface area contributed by atoms with Gasteiger partial charge in [-0.2, -0.15) is 0 Å². The minimum Gasteiger partial charge on any atom is -0.484 e. The predicted molar refractivity (Wildman–Crippen MR) is 99.5 cm³/mol. The van der Waals surface area contributed by atoms with Gasteiger partial charge in [-0.15, -0.1) is 10.2 Å². The van der Waals surface area contributed by atoms with Crippen LogP contribution in [0.5, 0.6) is 5.75 Å². The van der Waals surface area contributed by atoms with E-state index < -0.39 is 11.9 Å². The van der Waals surface area contributed by atoms with E-state index in [0.717, 1.165) is 48.8 Å². The first-order valence-electron chi connectivity index (χ1n) is 8.83. The van der Waals surface area contributed by atoms with Gasteiger partial charge in [-0.1, -0.05) is 36.7 Å². The third-order valence-corrected chi connectivity index (χ3v) is 4.89. The van der Waals surface area contributed by atoms with E-state index in [1.54, 1.807) is 0 Å². The van der Waals surface area contributed by atoms with Crippen LogP contribution in [0.2, 0.25) is 0 Å². The molecule has 1 aromatic heterocycles. The maximum Gasteiger partial charge on any atom is 0.321 e. The van der Waals surface area contributed by atoms with Gasteiger partial charge in [-0.25, -0.2) is 4.79 Å². The Balaban J connectivity index is 1.38. The highest BCUT2D eigenvalue weighted by molar-refractivity contribution is 7.99. The van der Waals surface area contributed by atoms with E-state index >= 15 is 0 Å². The maximum absolute atomic E-state index is 11.8. The normalized spacial score (nSPS) is 14.1. The van der Waals surface area contributed by atoms with E-state index in [2.05, 4.69) is 20.8 Å². The summed E-state index contributed by atoms with van der Waals surface area (Å²) in [7, 11) is 0. The van der Waals surface area contributed by atoms with Crippen LogP contribution in [0.4, 0.5) is 4.79 Å². The molecule has 9 heteroatoms. The van der Waals surface area contributed by atoms with Crippen molar-refractivity contribution >= 4 is 23.7 Å². The quantitative estimate of drug-likeness (QED) is 0.700. The molecule has 1 saturated carbocycles. The molecule has 3 amide bonds. The molecular formula is C18H22N4O4S. The Morgan fingerprint density at radius 1 is 1.30 bits per heavy atom. The van der Waals surface area contributed by atoms with Crippen molar-refractivity contribution in [1.82, 2.24) is 20.8 Å². The lowest BCUT2D eigenvalue weighted by molar-refractivity contribution is -0.117. The standard InChI is InChI=1S/C18H22N4O4S/c1-12-5-4-8-14(9-12)25-10-16-21-22-18(26-16)27-11-15(23)20-17(24)19-13-6-2-3-7-13/h4-5,8-9,13H,2-3,6-7,10-11H2,1H3,(H2,19,20,23,24). The summed E-state index contributed by atoms with van der Waals surface area (Å²) in [6.07, 6.45) is 4.15. The number of hydrogen-bond donors (Lipinski definition) is 2. The average molecular weight is 390 g/mol. The van der Waals surface area contributed by atoms with Crippen LogP contribution in [-0.2, 0) is 11.4 Å². The Kier molecular flexibility index (Phi) is 6.69. The largest absolute Gasteiger partial charge is 0.484 e. The Bertz CT molecular complexity index is 789. The van der Waals surface area contributed by atoms with Crippen molar-refractivity contribution in [2.75, 3.05) is 5.75 Å². The fourth-order valence-corrected chi connectivity index (χ4v) is 3.37. The summed E-state index contributed by atoms with van der Waals surface area (Å²) < 4.78 is 11.0. The number of thioether (sulfide) groups is 1. The van der Waals surface area contributed by atoms with Gasteiger partial charge >= 0.3 is 6.03 Å². The number of amides is 3. The van der Waals surface area contributed by atoms with Crippen LogP contribution in [0.25, 0.3) is 0 Å². The summed E-state index contributed by atoms with van der Waals surface area (Å²) in [5.41, 5.74) is 1.09. The number of carbonyl (C=O) groups excluding carboxylic acids is 2. The van der Waals surface area contributed by atoms with Gasteiger partial charge in [0.2, 0.25) is 5.91 Å². The Morgan fingerprint density at radius 3 is 2.89 bits per heavy atom. The lowest BCUT2D eigenvalue weighted by Crippen LogP contribution is -2.44. The molecule has 2 aromatic rings. The van der Waals surface area contributed by atoms with Gasteiger partial charge in [0.25, 0.3) is 11.1 Å². The zero-order chi connectivity index (χ0) is 19.1. The SMILES string of the molecule is Cc1cccc(OCc2nnc(SCC(=O)NC(=O)NC3CCCC3)o2)c1. The second-order valence-corrected chi connectivity index (χ2v) is 7.29. The van der Waals surface area contributed by atoms with Crippen LogP contribution in [-0.4, -0.2) is 33.9 Å². The summed E-state index contributed by atoms with van der Waals surface area (Å²) in [5.74, 6) is 0.637. The first-order valence-corrected chi connectivity index (χ1v) is 9.82. The Hall–Kier alpha value is -2.55.